The number of hydrogen-bond acceptors (Lipinski definition) is 3. The van der Waals surface area contributed by atoms with E-state index in [0.717, 1.165) is 0 Å². The van der Waals surface area contributed by atoms with Crippen molar-refractivity contribution >= 4 is 17.3 Å². The molecule has 0 aliphatic heterocycles. The molecule has 0 aliphatic carbocycles. The van der Waals surface area contributed by atoms with Gasteiger partial charge >= 0.3 is 0 Å². The maximum Gasteiger partial charge on any atom is 0.276 e. The Morgan fingerprint density at radius 1 is 1.56 bits per heavy atom. The van der Waals surface area contributed by atoms with Crippen LogP contribution in [0.3, 0.4) is 0 Å². The van der Waals surface area contributed by atoms with E-state index in [1.54, 1.807) is 19.1 Å². The monoisotopic (exact) mass is 243 g/mol. The second-order valence-electron chi connectivity index (χ2n) is 3.73. The molecule has 5 heteroatoms. The number of ether oxygens (including phenoxy) is 1. The van der Waals surface area contributed by atoms with Crippen LogP contribution in [0.15, 0.2) is 18.2 Å². The Balaban J connectivity index is 2.81. The smallest absolute Gasteiger partial charge is 0.276 e. The molecule has 0 fully saturated rings. The number of nitro benzene ring substituents is 1. The minimum Gasteiger partial charge on any atom is -0.493 e. The fraction of sp³-hybridized carbons (Fsp3) is 0.455. The van der Waals surface area contributed by atoms with Gasteiger partial charge in [0.15, 0.2) is 0 Å². The van der Waals surface area contributed by atoms with Gasteiger partial charge in [-0.3, -0.25) is 10.1 Å². The molecule has 16 heavy (non-hydrogen) atoms. The van der Waals surface area contributed by atoms with Crippen molar-refractivity contribution in [3.8, 4) is 5.75 Å². The zero-order valence-electron chi connectivity index (χ0n) is 9.27. The van der Waals surface area contributed by atoms with E-state index in [2.05, 4.69) is 0 Å². The summed E-state index contributed by atoms with van der Waals surface area (Å²) in [5.41, 5.74) is 0.630. The first-order chi connectivity index (χ1) is 7.56. The Bertz CT molecular complexity index is 381. The lowest BCUT2D eigenvalue weighted by Crippen LogP contribution is -2.10. The normalized spacial score (nSPS) is 12.2. The molecule has 0 heterocycles. The molecule has 0 bridgehead atoms. The summed E-state index contributed by atoms with van der Waals surface area (Å²) in [4.78, 5) is 10.3. The zero-order valence-corrected chi connectivity index (χ0v) is 10.0. The van der Waals surface area contributed by atoms with Crippen LogP contribution in [0.1, 0.15) is 12.5 Å². The Kier molecular flexibility index (Phi) is 4.55. The van der Waals surface area contributed by atoms with Crippen molar-refractivity contribution in [1.29, 1.82) is 0 Å². The first-order valence-corrected chi connectivity index (χ1v) is 5.52. The van der Waals surface area contributed by atoms with Gasteiger partial charge in [-0.2, -0.15) is 0 Å². The molecule has 0 amide bonds. The number of alkyl halides is 1. The van der Waals surface area contributed by atoms with Crippen LogP contribution in [0.2, 0.25) is 0 Å². The zero-order chi connectivity index (χ0) is 12.1. The fourth-order valence-corrected chi connectivity index (χ4v) is 1.32. The lowest BCUT2D eigenvalue weighted by Gasteiger charge is -2.12. The first kappa shape index (κ1) is 12.8. The van der Waals surface area contributed by atoms with Crippen LogP contribution in [0.4, 0.5) is 5.69 Å². The van der Waals surface area contributed by atoms with E-state index in [-0.39, 0.29) is 11.6 Å². The Hall–Kier alpha value is -1.29. The molecule has 0 aromatic heterocycles. The standard InChI is InChI=1S/C11H14ClNO3/c1-8(6-12)7-16-11-5-3-4-10(9(11)2)13(14)15/h3-5,8H,6-7H2,1-2H3. The van der Waals surface area contributed by atoms with Crippen LogP contribution < -0.4 is 4.74 Å². The van der Waals surface area contributed by atoms with Crippen LogP contribution in [0, 0.1) is 23.0 Å². The maximum absolute atomic E-state index is 10.7. The Morgan fingerprint density at radius 3 is 2.81 bits per heavy atom. The Labute approximate surface area is 99.3 Å². The van der Waals surface area contributed by atoms with Crippen LogP contribution in [-0.2, 0) is 0 Å². The van der Waals surface area contributed by atoms with Crippen LogP contribution >= 0.6 is 11.6 Å². The maximum atomic E-state index is 10.7. The van der Waals surface area contributed by atoms with Gasteiger partial charge in [0.05, 0.1) is 17.1 Å². The lowest BCUT2D eigenvalue weighted by atomic mass is 10.2. The second-order valence-corrected chi connectivity index (χ2v) is 4.04. The Morgan fingerprint density at radius 2 is 2.25 bits per heavy atom. The minimum atomic E-state index is -0.410. The number of hydrogen-bond donors (Lipinski definition) is 0. The van der Waals surface area contributed by atoms with Crippen molar-refractivity contribution in [2.75, 3.05) is 12.5 Å². The second kappa shape index (κ2) is 5.70. The summed E-state index contributed by atoms with van der Waals surface area (Å²) < 4.78 is 5.49. The lowest BCUT2D eigenvalue weighted by molar-refractivity contribution is -0.385. The highest BCUT2D eigenvalue weighted by Gasteiger charge is 2.14. The third-order valence-electron chi connectivity index (χ3n) is 2.24. The molecule has 0 spiro atoms. The molecule has 1 aromatic rings. The molecule has 0 radical (unpaired) electrons. The van der Waals surface area contributed by atoms with Gasteiger partial charge in [0.2, 0.25) is 0 Å². The molecule has 4 nitrogen and oxygen atoms in total. The summed E-state index contributed by atoms with van der Waals surface area (Å²) in [7, 11) is 0. The SMILES string of the molecule is Cc1c(OCC(C)CCl)cccc1[N+](=O)[O-]. The highest BCUT2D eigenvalue weighted by Crippen LogP contribution is 2.27. The van der Waals surface area contributed by atoms with Crippen LogP contribution in [-0.4, -0.2) is 17.4 Å². The van der Waals surface area contributed by atoms with E-state index >= 15 is 0 Å². The van der Waals surface area contributed by atoms with E-state index < -0.39 is 4.92 Å². The van der Waals surface area contributed by atoms with Gasteiger partial charge in [0, 0.05) is 17.9 Å². The van der Waals surface area contributed by atoms with Crippen molar-refractivity contribution in [2.45, 2.75) is 13.8 Å². The van der Waals surface area contributed by atoms with Crippen LogP contribution in [0.5, 0.6) is 5.75 Å². The van der Waals surface area contributed by atoms with E-state index in [0.29, 0.717) is 23.8 Å². The predicted molar refractivity (Wildman–Crippen MR) is 63.2 cm³/mol. The topological polar surface area (TPSA) is 52.4 Å². The summed E-state index contributed by atoms with van der Waals surface area (Å²) in [6, 6.07) is 4.81. The molecule has 1 rings (SSSR count). The third-order valence-corrected chi connectivity index (χ3v) is 2.77. The molecule has 1 aromatic carbocycles. The molecule has 0 saturated heterocycles. The molecule has 88 valence electrons. The minimum absolute atomic E-state index is 0.0797. The third kappa shape index (κ3) is 3.10. The van der Waals surface area contributed by atoms with E-state index in [1.165, 1.54) is 6.07 Å². The van der Waals surface area contributed by atoms with E-state index in [9.17, 15) is 10.1 Å². The van der Waals surface area contributed by atoms with Gasteiger partial charge in [0.25, 0.3) is 5.69 Å². The number of benzene rings is 1. The van der Waals surface area contributed by atoms with Crippen molar-refractivity contribution in [2.24, 2.45) is 5.92 Å². The summed E-state index contributed by atoms with van der Waals surface area (Å²) in [6.45, 7) is 4.10. The summed E-state index contributed by atoms with van der Waals surface area (Å²) >= 11 is 5.65. The summed E-state index contributed by atoms with van der Waals surface area (Å²) in [6.07, 6.45) is 0. The molecule has 0 aliphatic rings. The largest absolute Gasteiger partial charge is 0.493 e. The van der Waals surface area contributed by atoms with Crippen molar-refractivity contribution in [3.63, 3.8) is 0 Å². The van der Waals surface area contributed by atoms with Crippen molar-refractivity contribution in [1.82, 2.24) is 0 Å². The first-order valence-electron chi connectivity index (χ1n) is 4.99. The molecule has 1 atom stereocenters. The van der Waals surface area contributed by atoms with Gasteiger partial charge < -0.3 is 4.74 Å². The van der Waals surface area contributed by atoms with E-state index in [1.807, 2.05) is 6.92 Å². The summed E-state index contributed by atoms with van der Waals surface area (Å²) in [5, 5.41) is 10.7. The number of nitrogens with zero attached hydrogens (tertiary/aromatic N) is 1. The fourth-order valence-electron chi connectivity index (χ4n) is 1.23. The summed E-state index contributed by atoms with van der Waals surface area (Å²) in [5.74, 6) is 1.28. The average molecular weight is 244 g/mol. The van der Waals surface area contributed by atoms with Crippen molar-refractivity contribution < 1.29 is 9.66 Å². The molecular weight excluding hydrogens is 230 g/mol. The number of rotatable bonds is 5. The van der Waals surface area contributed by atoms with Gasteiger partial charge in [0.1, 0.15) is 5.75 Å². The molecule has 0 saturated carbocycles. The predicted octanol–water partition coefficient (Wildman–Crippen LogP) is 3.16. The van der Waals surface area contributed by atoms with Gasteiger partial charge in [-0.15, -0.1) is 11.6 Å². The highest BCUT2D eigenvalue weighted by atomic mass is 35.5. The quantitative estimate of drug-likeness (QED) is 0.453. The number of halogens is 1. The highest BCUT2D eigenvalue weighted by molar-refractivity contribution is 6.18. The van der Waals surface area contributed by atoms with Gasteiger partial charge in [-0.05, 0) is 13.0 Å². The van der Waals surface area contributed by atoms with Gasteiger partial charge in [-0.1, -0.05) is 13.0 Å². The average Bonchev–Trinajstić information content (AvgIpc) is 2.26. The van der Waals surface area contributed by atoms with Gasteiger partial charge in [-0.25, -0.2) is 0 Å². The molecule has 1 unspecified atom stereocenters. The number of nitro groups is 1. The molecule has 0 N–H and O–H groups in total. The van der Waals surface area contributed by atoms with Crippen molar-refractivity contribution in [3.05, 3.63) is 33.9 Å². The van der Waals surface area contributed by atoms with Crippen LogP contribution in [0.25, 0.3) is 0 Å². The molecular formula is C11H14ClNO3. The van der Waals surface area contributed by atoms with E-state index in [4.69, 9.17) is 16.3 Å².